The molecule has 0 bridgehead atoms. The van der Waals surface area contributed by atoms with Crippen LogP contribution in [0.5, 0.6) is 0 Å². The fourth-order valence-electron chi connectivity index (χ4n) is 1.53. The Bertz CT molecular complexity index is 142. The maximum absolute atomic E-state index is 10.0. The highest BCUT2D eigenvalue weighted by Gasteiger charge is 2.24. The minimum Gasteiger partial charge on any atom is -0.389 e. The highest BCUT2D eigenvalue weighted by atomic mass is 32.2. The van der Waals surface area contributed by atoms with Crippen LogP contribution in [0.4, 0.5) is 0 Å². The Morgan fingerprint density at radius 2 is 2.15 bits per heavy atom. The van der Waals surface area contributed by atoms with Gasteiger partial charge in [-0.05, 0) is 25.0 Å². The first-order chi connectivity index (χ1) is 6.20. The van der Waals surface area contributed by atoms with E-state index in [0.29, 0.717) is 6.04 Å². The first kappa shape index (κ1) is 11.3. The second-order valence-electron chi connectivity index (χ2n) is 3.87. The molecule has 3 heteroatoms. The molecule has 1 aliphatic rings. The Balaban J connectivity index is 2.22. The van der Waals surface area contributed by atoms with Crippen LogP contribution in [0.25, 0.3) is 0 Å². The Kier molecular flexibility index (Phi) is 4.56. The summed E-state index contributed by atoms with van der Waals surface area (Å²) in [5, 5.41) is 13.5. The van der Waals surface area contributed by atoms with Crippen LogP contribution >= 0.6 is 11.8 Å². The molecule has 1 unspecified atom stereocenters. The smallest absolute Gasteiger partial charge is 0.0766 e. The fourth-order valence-corrected chi connectivity index (χ4v) is 2.72. The number of rotatable bonds is 5. The second kappa shape index (κ2) is 5.23. The van der Waals surface area contributed by atoms with Crippen molar-refractivity contribution in [3.8, 4) is 0 Å². The van der Waals surface area contributed by atoms with Crippen LogP contribution < -0.4 is 5.32 Å². The molecule has 1 atom stereocenters. The van der Waals surface area contributed by atoms with Gasteiger partial charge in [-0.1, -0.05) is 13.8 Å². The van der Waals surface area contributed by atoms with Gasteiger partial charge in [0, 0.05) is 18.3 Å². The molecule has 0 radical (unpaired) electrons. The summed E-state index contributed by atoms with van der Waals surface area (Å²) in [6, 6.07) is 0.634. The van der Waals surface area contributed by atoms with Crippen LogP contribution in [-0.2, 0) is 0 Å². The van der Waals surface area contributed by atoms with Crippen LogP contribution in [0.15, 0.2) is 0 Å². The third-order valence-corrected chi connectivity index (χ3v) is 4.13. The normalized spacial score (nSPS) is 23.8. The van der Waals surface area contributed by atoms with E-state index < -0.39 is 5.60 Å². The van der Waals surface area contributed by atoms with Crippen molar-refractivity contribution < 1.29 is 5.11 Å². The number of nitrogens with one attached hydrogen (secondary N) is 1. The molecule has 0 saturated carbocycles. The molecule has 1 fully saturated rings. The Labute approximate surface area is 85.5 Å². The lowest BCUT2D eigenvalue weighted by Crippen LogP contribution is -2.43. The number of hydrogen-bond acceptors (Lipinski definition) is 3. The molecule has 13 heavy (non-hydrogen) atoms. The number of hydrogen-bond donors (Lipinski definition) is 2. The van der Waals surface area contributed by atoms with Gasteiger partial charge >= 0.3 is 0 Å². The van der Waals surface area contributed by atoms with Crippen molar-refractivity contribution in [2.24, 2.45) is 0 Å². The predicted molar refractivity (Wildman–Crippen MR) is 59.3 cm³/mol. The SMILES string of the molecule is CCC(O)(CC)CNC1CCSC1. The van der Waals surface area contributed by atoms with E-state index in [1.54, 1.807) is 0 Å². The van der Waals surface area contributed by atoms with Crippen LogP contribution in [0.3, 0.4) is 0 Å². The molecule has 0 amide bonds. The first-order valence-corrected chi connectivity index (χ1v) is 6.39. The fraction of sp³-hybridized carbons (Fsp3) is 1.00. The summed E-state index contributed by atoms with van der Waals surface area (Å²) >= 11 is 2.00. The van der Waals surface area contributed by atoms with Crippen LogP contribution in [0.2, 0.25) is 0 Å². The van der Waals surface area contributed by atoms with Gasteiger partial charge in [-0.25, -0.2) is 0 Å². The maximum atomic E-state index is 10.0. The van der Waals surface area contributed by atoms with Crippen LogP contribution in [0.1, 0.15) is 33.1 Å². The van der Waals surface area contributed by atoms with Gasteiger partial charge in [0.25, 0.3) is 0 Å². The van der Waals surface area contributed by atoms with Crippen LogP contribution in [0, 0.1) is 0 Å². The summed E-state index contributed by atoms with van der Waals surface area (Å²) in [5.41, 5.74) is -0.479. The molecule has 2 N–H and O–H groups in total. The van der Waals surface area contributed by atoms with Gasteiger partial charge in [0.15, 0.2) is 0 Å². The van der Waals surface area contributed by atoms with E-state index in [9.17, 15) is 5.11 Å². The largest absolute Gasteiger partial charge is 0.389 e. The number of aliphatic hydroxyl groups is 1. The molecule has 78 valence electrons. The molecule has 0 aromatic heterocycles. The first-order valence-electron chi connectivity index (χ1n) is 5.23. The molecule has 0 aliphatic carbocycles. The lowest BCUT2D eigenvalue weighted by Gasteiger charge is -2.27. The zero-order chi connectivity index (χ0) is 9.73. The van der Waals surface area contributed by atoms with Gasteiger partial charge in [-0.15, -0.1) is 0 Å². The lowest BCUT2D eigenvalue weighted by atomic mass is 9.97. The van der Waals surface area contributed by atoms with Gasteiger partial charge in [-0.2, -0.15) is 11.8 Å². The topological polar surface area (TPSA) is 32.3 Å². The van der Waals surface area contributed by atoms with Gasteiger partial charge < -0.3 is 10.4 Å². The van der Waals surface area contributed by atoms with Gasteiger partial charge in [-0.3, -0.25) is 0 Å². The molecule has 0 aromatic rings. The summed E-state index contributed by atoms with van der Waals surface area (Å²) in [6.45, 7) is 4.86. The molecule has 1 rings (SSSR count). The van der Waals surface area contributed by atoms with E-state index in [1.807, 2.05) is 11.8 Å². The molecule has 1 heterocycles. The summed E-state index contributed by atoms with van der Waals surface area (Å²) in [6.07, 6.45) is 2.95. The van der Waals surface area contributed by atoms with Crippen molar-refractivity contribution >= 4 is 11.8 Å². The van der Waals surface area contributed by atoms with E-state index in [2.05, 4.69) is 19.2 Å². The van der Waals surface area contributed by atoms with Crippen molar-refractivity contribution in [2.75, 3.05) is 18.1 Å². The summed E-state index contributed by atoms with van der Waals surface area (Å²) in [4.78, 5) is 0. The van der Waals surface area contributed by atoms with Crippen molar-refractivity contribution in [2.45, 2.75) is 44.8 Å². The summed E-state index contributed by atoms with van der Waals surface area (Å²) < 4.78 is 0. The Hall–Kier alpha value is 0.270. The van der Waals surface area contributed by atoms with E-state index in [0.717, 1.165) is 19.4 Å². The predicted octanol–water partition coefficient (Wildman–Crippen LogP) is 1.63. The lowest BCUT2D eigenvalue weighted by molar-refractivity contribution is 0.0306. The van der Waals surface area contributed by atoms with E-state index >= 15 is 0 Å². The van der Waals surface area contributed by atoms with Gasteiger partial charge in [0.2, 0.25) is 0 Å². The average molecular weight is 203 g/mol. The van der Waals surface area contributed by atoms with E-state index in [-0.39, 0.29) is 0 Å². The van der Waals surface area contributed by atoms with Crippen molar-refractivity contribution in [1.82, 2.24) is 5.32 Å². The van der Waals surface area contributed by atoms with E-state index in [1.165, 1.54) is 17.9 Å². The molecule has 0 aromatic carbocycles. The molecule has 1 aliphatic heterocycles. The quantitative estimate of drug-likeness (QED) is 0.712. The molecular formula is C10H21NOS. The van der Waals surface area contributed by atoms with Crippen molar-refractivity contribution in [3.05, 3.63) is 0 Å². The van der Waals surface area contributed by atoms with Crippen molar-refractivity contribution in [3.63, 3.8) is 0 Å². The minimum atomic E-state index is -0.479. The van der Waals surface area contributed by atoms with Crippen molar-refractivity contribution in [1.29, 1.82) is 0 Å². The van der Waals surface area contributed by atoms with Gasteiger partial charge in [0.05, 0.1) is 5.60 Å². The molecular weight excluding hydrogens is 182 g/mol. The third-order valence-electron chi connectivity index (χ3n) is 2.97. The highest BCUT2D eigenvalue weighted by Crippen LogP contribution is 2.19. The maximum Gasteiger partial charge on any atom is 0.0766 e. The minimum absolute atomic E-state index is 0.479. The Morgan fingerprint density at radius 3 is 2.62 bits per heavy atom. The Morgan fingerprint density at radius 1 is 1.46 bits per heavy atom. The average Bonchev–Trinajstić information content (AvgIpc) is 2.67. The number of thioether (sulfide) groups is 1. The zero-order valence-corrected chi connectivity index (χ0v) is 9.49. The molecule has 0 spiro atoms. The second-order valence-corrected chi connectivity index (χ2v) is 5.02. The monoisotopic (exact) mass is 203 g/mol. The van der Waals surface area contributed by atoms with E-state index in [4.69, 9.17) is 0 Å². The van der Waals surface area contributed by atoms with Gasteiger partial charge in [0.1, 0.15) is 0 Å². The molecule has 2 nitrogen and oxygen atoms in total. The van der Waals surface area contributed by atoms with Crippen LogP contribution in [-0.4, -0.2) is 34.8 Å². The third kappa shape index (κ3) is 3.49. The summed E-state index contributed by atoms with van der Waals surface area (Å²) in [5.74, 6) is 2.48. The summed E-state index contributed by atoms with van der Waals surface area (Å²) in [7, 11) is 0. The standard InChI is InChI=1S/C10H21NOS/c1-3-10(12,4-2)8-11-9-5-6-13-7-9/h9,11-12H,3-8H2,1-2H3. The molecule has 1 saturated heterocycles. The zero-order valence-electron chi connectivity index (χ0n) is 8.68. The highest BCUT2D eigenvalue weighted by molar-refractivity contribution is 7.99.